The molecule has 6 heteroatoms. The third kappa shape index (κ3) is 5.81. The monoisotopic (exact) mass is 448 g/mol. The molecule has 0 aromatic heterocycles. The van der Waals surface area contributed by atoms with Crippen LogP contribution in [0.5, 0.6) is 0 Å². The Labute approximate surface area is 197 Å². The predicted molar refractivity (Wildman–Crippen MR) is 131 cm³/mol. The zero-order valence-corrected chi connectivity index (χ0v) is 19.9. The number of amides is 2. The summed E-state index contributed by atoms with van der Waals surface area (Å²) in [5.74, 6) is 0.447. The van der Waals surface area contributed by atoms with Crippen LogP contribution in [0.1, 0.15) is 31.0 Å². The van der Waals surface area contributed by atoms with Crippen molar-refractivity contribution in [2.24, 2.45) is 5.92 Å². The molecule has 176 valence electrons. The Hall–Kier alpha value is -2.70. The van der Waals surface area contributed by atoms with Crippen molar-refractivity contribution in [1.82, 2.24) is 19.6 Å². The topological polar surface area (TPSA) is 47.1 Å². The Morgan fingerprint density at radius 2 is 1.18 bits per heavy atom. The normalized spacial score (nSPS) is 18.2. The molecular weight excluding hydrogens is 412 g/mol. The second kappa shape index (κ2) is 10.9. The van der Waals surface area contributed by atoms with Gasteiger partial charge in [0.25, 0.3) is 0 Å². The van der Waals surface area contributed by atoms with Gasteiger partial charge < -0.3 is 9.80 Å². The summed E-state index contributed by atoms with van der Waals surface area (Å²) < 4.78 is 0. The smallest absolute Gasteiger partial charge is 0.236 e. The highest BCUT2D eigenvalue weighted by atomic mass is 16.2. The fourth-order valence-corrected chi connectivity index (χ4v) is 4.90. The molecule has 0 atom stereocenters. The Morgan fingerprint density at radius 1 is 0.697 bits per heavy atom. The molecule has 2 aliphatic heterocycles. The fourth-order valence-electron chi connectivity index (χ4n) is 4.90. The van der Waals surface area contributed by atoms with E-state index in [0.717, 1.165) is 39.3 Å². The van der Waals surface area contributed by atoms with Crippen LogP contribution in [0.25, 0.3) is 0 Å². The zero-order chi connectivity index (χ0) is 23.2. The molecule has 2 aromatic rings. The highest BCUT2D eigenvalue weighted by molar-refractivity contribution is 5.79. The van der Waals surface area contributed by atoms with Gasteiger partial charge in [0.1, 0.15) is 0 Å². The Kier molecular flexibility index (Phi) is 7.78. The third-order valence-corrected chi connectivity index (χ3v) is 6.80. The molecule has 4 rings (SSSR count). The number of piperazine rings is 2. The molecule has 0 aliphatic carbocycles. The maximum atomic E-state index is 13.0. The molecule has 0 unspecified atom stereocenters. The summed E-state index contributed by atoms with van der Waals surface area (Å²) in [7, 11) is 0. The number of rotatable bonds is 6. The van der Waals surface area contributed by atoms with Crippen molar-refractivity contribution in [3.8, 4) is 0 Å². The average Bonchev–Trinajstić information content (AvgIpc) is 2.86. The van der Waals surface area contributed by atoms with Crippen LogP contribution in [0, 0.1) is 5.92 Å². The molecule has 2 heterocycles. The lowest BCUT2D eigenvalue weighted by molar-refractivity contribution is -0.138. The molecule has 0 saturated carbocycles. The van der Waals surface area contributed by atoms with Crippen molar-refractivity contribution in [3.63, 3.8) is 0 Å². The summed E-state index contributed by atoms with van der Waals surface area (Å²) in [6.07, 6.45) is 0. The number of carbonyl (C=O) groups excluding carboxylic acids is 2. The summed E-state index contributed by atoms with van der Waals surface area (Å²) in [4.78, 5) is 33.8. The van der Waals surface area contributed by atoms with Crippen LogP contribution >= 0.6 is 0 Å². The molecule has 0 spiro atoms. The number of nitrogens with zero attached hydrogens (tertiary/aromatic N) is 4. The lowest BCUT2D eigenvalue weighted by Crippen LogP contribution is -2.55. The van der Waals surface area contributed by atoms with Gasteiger partial charge in [-0.25, -0.2) is 0 Å². The number of carbonyl (C=O) groups is 2. The van der Waals surface area contributed by atoms with Gasteiger partial charge in [0.2, 0.25) is 11.8 Å². The standard InChI is InChI=1S/C27H36N4O2/c1-22(2)27(33)31-15-13-28(14-16-31)21-25(32)29-17-19-30(20-18-29)26(23-9-5-3-6-10-23)24-11-7-4-8-12-24/h3-12,22,26H,13-21H2,1-2H3. The number of benzene rings is 2. The van der Waals surface area contributed by atoms with Gasteiger partial charge in [0.05, 0.1) is 12.6 Å². The van der Waals surface area contributed by atoms with Gasteiger partial charge >= 0.3 is 0 Å². The first-order chi connectivity index (χ1) is 16.0. The minimum Gasteiger partial charge on any atom is -0.340 e. The Morgan fingerprint density at radius 3 is 1.67 bits per heavy atom. The lowest BCUT2D eigenvalue weighted by Gasteiger charge is -2.41. The van der Waals surface area contributed by atoms with Crippen molar-refractivity contribution >= 4 is 11.8 Å². The van der Waals surface area contributed by atoms with Crippen LogP contribution < -0.4 is 0 Å². The van der Waals surface area contributed by atoms with Crippen molar-refractivity contribution in [2.45, 2.75) is 19.9 Å². The average molecular weight is 449 g/mol. The van der Waals surface area contributed by atoms with Gasteiger partial charge in [0, 0.05) is 58.3 Å². The summed E-state index contributed by atoms with van der Waals surface area (Å²) in [5.41, 5.74) is 2.58. The first-order valence-corrected chi connectivity index (χ1v) is 12.2. The van der Waals surface area contributed by atoms with Gasteiger partial charge in [0.15, 0.2) is 0 Å². The van der Waals surface area contributed by atoms with E-state index in [1.807, 2.05) is 23.6 Å². The van der Waals surface area contributed by atoms with E-state index in [0.29, 0.717) is 19.6 Å². The van der Waals surface area contributed by atoms with Crippen molar-refractivity contribution in [2.75, 3.05) is 58.9 Å². The summed E-state index contributed by atoms with van der Waals surface area (Å²) >= 11 is 0. The molecule has 0 N–H and O–H groups in total. The van der Waals surface area contributed by atoms with Gasteiger partial charge in [-0.15, -0.1) is 0 Å². The van der Waals surface area contributed by atoms with Crippen LogP contribution in [-0.4, -0.2) is 90.3 Å². The van der Waals surface area contributed by atoms with E-state index in [4.69, 9.17) is 0 Å². The van der Waals surface area contributed by atoms with Gasteiger partial charge in [-0.1, -0.05) is 74.5 Å². The molecular formula is C27H36N4O2. The fraction of sp³-hybridized carbons (Fsp3) is 0.481. The third-order valence-electron chi connectivity index (χ3n) is 6.80. The van der Waals surface area contributed by atoms with Crippen molar-refractivity contribution in [3.05, 3.63) is 71.8 Å². The first-order valence-electron chi connectivity index (χ1n) is 12.2. The second-order valence-corrected chi connectivity index (χ2v) is 9.40. The van der Waals surface area contributed by atoms with Crippen LogP contribution in [-0.2, 0) is 9.59 Å². The summed E-state index contributed by atoms with van der Waals surface area (Å²) in [6, 6.07) is 21.5. The molecule has 33 heavy (non-hydrogen) atoms. The maximum absolute atomic E-state index is 13.0. The molecule has 2 aromatic carbocycles. The molecule has 0 bridgehead atoms. The van der Waals surface area contributed by atoms with Crippen LogP contribution in [0.4, 0.5) is 0 Å². The second-order valence-electron chi connectivity index (χ2n) is 9.40. The van der Waals surface area contributed by atoms with Crippen LogP contribution in [0.2, 0.25) is 0 Å². The van der Waals surface area contributed by atoms with E-state index in [9.17, 15) is 9.59 Å². The van der Waals surface area contributed by atoms with E-state index in [-0.39, 0.29) is 23.8 Å². The van der Waals surface area contributed by atoms with Crippen LogP contribution in [0.15, 0.2) is 60.7 Å². The minimum atomic E-state index is 0.0325. The van der Waals surface area contributed by atoms with E-state index in [1.165, 1.54) is 11.1 Å². The quantitative estimate of drug-likeness (QED) is 0.682. The van der Waals surface area contributed by atoms with E-state index in [1.54, 1.807) is 0 Å². The predicted octanol–water partition coefficient (Wildman–Crippen LogP) is 2.72. The van der Waals surface area contributed by atoms with Crippen molar-refractivity contribution < 1.29 is 9.59 Å². The largest absolute Gasteiger partial charge is 0.340 e. The summed E-state index contributed by atoms with van der Waals surface area (Å²) in [5, 5.41) is 0. The first kappa shape index (κ1) is 23.5. The van der Waals surface area contributed by atoms with Gasteiger partial charge in [-0.05, 0) is 11.1 Å². The van der Waals surface area contributed by atoms with E-state index < -0.39 is 0 Å². The molecule has 2 aliphatic rings. The molecule has 2 saturated heterocycles. The van der Waals surface area contributed by atoms with Crippen LogP contribution in [0.3, 0.4) is 0 Å². The number of hydrogen-bond acceptors (Lipinski definition) is 4. The van der Waals surface area contributed by atoms with Crippen molar-refractivity contribution in [1.29, 1.82) is 0 Å². The number of hydrogen-bond donors (Lipinski definition) is 0. The molecule has 2 fully saturated rings. The molecule has 2 amide bonds. The SMILES string of the molecule is CC(C)C(=O)N1CCN(CC(=O)N2CCN(C(c3ccccc3)c3ccccc3)CC2)CC1. The van der Waals surface area contributed by atoms with Gasteiger partial charge in [-0.3, -0.25) is 19.4 Å². The summed E-state index contributed by atoms with van der Waals surface area (Å²) in [6.45, 7) is 10.5. The highest BCUT2D eigenvalue weighted by Crippen LogP contribution is 2.29. The molecule has 0 radical (unpaired) electrons. The lowest BCUT2D eigenvalue weighted by atomic mass is 9.96. The van der Waals surface area contributed by atoms with E-state index >= 15 is 0 Å². The molecule has 6 nitrogen and oxygen atoms in total. The maximum Gasteiger partial charge on any atom is 0.236 e. The Balaban J connectivity index is 1.31. The minimum absolute atomic E-state index is 0.0325. The Bertz CT molecular complexity index is 863. The van der Waals surface area contributed by atoms with Gasteiger partial charge in [-0.2, -0.15) is 0 Å². The highest BCUT2D eigenvalue weighted by Gasteiger charge is 2.30. The van der Waals surface area contributed by atoms with E-state index in [2.05, 4.69) is 70.5 Å². The zero-order valence-electron chi connectivity index (χ0n) is 19.9.